The Hall–Kier alpha value is -2.77. The number of carbonyl (C=O) groups is 1. The van der Waals surface area contributed by atoms with Gasteiger partial charge in [0.1, 0.15) is 17.8 Å². The minimum absolute atomic E-state index is 0.0783. The zero-order chi connectivity index (χ0) is 20.7. The molecule has 0 aliphatic carbocycles. The van der Waals surface area contributed by atoms with E-state index in [0.29, 0.717) is 30.4 Å². The molecule has 158 valence electrons. The molecule has 3 heterocycles. The van der Waals surface area contributed by atoms with E-state index in [2.05, 4.69) is 24.3 Å². The van der Waals surface area contributed by atoms with Crippen LogP contribution in [0.25, 0.3) is 0 Å². The average Bonchev–Trinajstić information content (AvgIpc) is 3.41. The quantitative estimate of drug-likeness (QED) is 0.706. The molecule has 0 radical (unpaired) electrons. The highest BCUT2D eigenvalue weighted by atomic mass is 16.7. The Morgan fingerprint density at radius 3 is 2.67 bits per heavy atom. The monoisotopic (exact) mass is 409 g/mol. The SMILES string of the molecule is CN(C)CCNCCCN1C(=O)C2(COc3cc4c(cc32)OCO4)c2ccccc21. The Kier molecular flexibility index (Phi) is 4.79. The number of amides is 1. The van der Waals surface area contributed by atoms with Gasteiger partial charge < -0.3 is 29.3 Å². The first kappa shape index (κ1) is 19.2. The van der Waals surface area contributed by atoms with Gasteiger partial charge in [-0.1, -0.05) is 18.2 Å². The molecule has 2 aromatic carbocycles. The maximum absolute atomic E-state index is 13.8. The predicted octanol–water partition coefficient (Wildman–Crippen LogP) is 1.98. The predicted molar refractivity (Wildman–Crippen MR) is 114 cm³/mol. The molecular weight excluding hydrogens is 382 g/mol. The second kappa shape index (κ2) is 7.49. The average molecular weight is 409 g/mol. The van der Waals surface area contributed by atoms with Crippen LogP contribution in [0.5, 0.6) is 17.2 Å². The number of benzene rings is 2. The fraction of sp³-hybridized carbons (Fsp3) is 0.435. The number of nitrogens with zero attached hydrogens (tertiary/aromatic N) is 2. The maximum Gasteiger partial charge on any atom is 0.245 e. The number of para-hydroxylation sites is 1. The molecule has 7 nitrogen and oxygen atoms in total. The minimum Gasteiger partial charge on any atom is -0.491 e. The maximum atomic E-state index is 13.8. The molecule has 2 aromatic rings. The van der Waals surface area contributed by atoms with Gasteiger partial charge in [0, 0.05) is 37.0 Å². The topological polar surface area (TPSA) is 63.3 Å². The van der Waals surface area contributed by atoms with Crippen LogP contribution in [0.4, 0.5) is 5.69 Å². The summed E-state index contributed by atoms with van der Waals surface area (Å²) in [5.41, 5.74) is 2.04. The van der Waals surface area contributed by atoms with Crippen molar-refractivity contribution in [3.63, 3.8) is 0 Å². The van der Waals surface area contributed by atoms with Crippen molar-refractivity contribution >= 4 is 11.6 Å². The van der Waals surface area contributed by atoms with Crippen molar-refractivity contribution in [1.29, 1.82) is 0 Å². The fourth-order valence-corrected chi connectivity index (χ4v) is 4.58. The van der Waals surface area contributed by atoms with Gasteiger partial charge in [0.2, 0.25) is 12.7 Å². The van der Waals surface area contributed by atoms with Crippen molar-refractivity contribution in [3.05, 3.63) is 47.5 Å². The summed E-state index contributed by atoms with van der Waals surface area (Å²) in [7, 11) is 4.13. The molecule has 1 atom stereocenters. The standard InChI is InChI=1S/C23H27N3O4/c1-25(2)11-9-24-8-5-10-26-18-7-4-3-6-16(18)23(22(26)27)14-28-19-13-21-20(12-17(19)23)29-15-30-21/h3-4,6-7,12-13,24H,5,8-11,14-15H2,1-2H3. The fourth-order valence-electron chi connectivity index (χ4n) is 4.58. The number of nitrogens with one attached hydrogen (secondary N) is 1. The number of hydrogen-bond donors (Lipinski definition) is 1. The summed E-state index contributed by atoms with van der Waals surface area (Å²) in [4.78, 5) is 17.9. The molecule has 0 fully saturated rings. The van der Waals surface area contributed by atoms with Crippen LogP contribution in [0.1, 0.15) is 17.5 Å². The number of likely N-dealkylation sites (N-methyl/N-ethyl adjacent to an activating group) is 1. The number of rotatable bonds is 7. The van der Waals surface area contributed by atoms with Gasteiger partial charge >= 0.3 is 0 Å². The summed E-state index contributed by atoms with van der Waals surface area (Å²) >= 11 is 0. The van der Waals surface area contributed by atoms with Crippen LogP contribution >= 0.6 is 0 Å². The van der Waals surface area contributed by atoms with Crippen LogP contribution in [0.15, 0.2) is 36.4 Å². The summed E-state index contributed by atoms with van der Waals surface area (Å²) in [5.74, 6) is 2.13. The molecule has 30 heavy (non-hydrogen) atoms. The van der Waals surface area contributed by atoms with Crippen LogP contribution < -0.4 is 24.4 Å². The molecule has 1 unspecified atom stereocenters. The summed E-state index contributed by atoms with van der Waals surface area (Å²) in [6.45, 7) is 3.99. The zero-order valence-corrected chi connectivity index (χ0v) is 17.4. The van der Waals surface area contributed by atoms with Gasteiger partial charge in [0.25, 0.3) is 0 Å². The molecule has 1 N–H and O–H groups in total. The lowest BCUT2D eigenvalue weighted by Gasteiger charge is -2.23. The first-order valence-electron chi connectivity index (χ1n) is 10.4. The van der Waals surface area contributed by atoms with Crippen molar-refractivity contribution in [1.82, 2.24) is 10.2 Å². The second-order valence-corrected chi connectivity index (χ2v) is 8.28. The van der Waals surface area contributed by atoms with E-state index in [1.54, 1.807) is 0 Å². The van der Waals surface area contributed by atoms with E-state index in [4.69, 9.17) is 14.2 Å². The van der Waals surface area contributed by atoms with E-state index in [9.17, 15) is 4.79 Å². The Balaban J connectivity index is 1.40. The van der Waals surface area contributed by atoms with Crippen LogP contribution in [0.2, 0.25) is 0 Å². The van der Waals surface area contributed by atoms with Gasteiger partial charge in [-0.2, -0.15) is 0 Å². The lowest BCUT2D eigenvalue weighted by Crippen LogP contribution is -2.43. The number of anilines is 1. The van der Waals surface area contributed by atoms with E-state index in [-0.39, 0.29) is 12.7 Å². The van der Waals surface area contributed by atoms with Crippen molar-refractivity contribution in [2.24, 2.45) is 0 Å². The molecule has 3 aliphatic rings. The van der Waals surface area contributed by atoms with Crippen molar-refractivity contribution in [2.45, 2.75) is 11.8 Å². The number of fused-ring (bicyclic) bond motifs is 5. The van der Waals surface area contributed by atoms with Crippen molar-refractivity contribution in [3.8, 4) is 17.2 Å². The largest absolute Gasteiger partial charge is 0.491 e. The first-order chi connectivity index (χ1) is 14.6. The van der Waals surface area contributed by atoms with Gasteiger partial charge in [0.05, 0.1) is 0 Å². The molecular formula is C23H27N3O4. The summed E-state index contributed by atoms with van der Waals surface area (Å²) in [5, 5.41) is 3.45. The minimum atomic E-state index is -0.814. The third-order valence-corrected chi connectivity index (χ3v) is 6.11. The Morgan fingerprint density at radius 1 is 1.03 bits per heavy atom. The molecule has 1 spiro atoms. The number of hydrogen-bond acceptors (Lipinski definition) is 6. The van der Waals surface area contributed by atoms with Gasteiger partial charge in [-0.3, -0.25) is 4.79 Å². The Bertz CT molecular complexity index is 977. The normalized spacial score (nSPS) is 20.8. The van der Waals surface area contributed by atoms with Crippen molar-refractivity contribution in [2.75, 3.05) is 58.6 Å². The zero-order valence-electron chi connectivity index (χ0n) is 17.4. The molecule has 3 aliphatic heterocycles. The molecule has 0 saturated heterocycles. The lowest BCUT2D eigenvalue weighted by molar-refractivity contribution is -0.122. The molecule has 0 bridgehead atoms. The highest BCUT2D eigenvalue weighted by Gasteiger charge is 2.57. The van der Waals surface area contributed by atoms with E-state index in [1.807, 2.05) is 41.3 Å². The highest BCUT2D eigenvalue weighted by Crippen LogP contribution is 2.54. The van der Waals surface area contributed by atoms with Gasteiger partial charge in [-0.15, -0.1) is 0 Å². The third-order valence-electron chi connectivity index (χ3n) is 6.11. The van der Waals surface area contributed by atoms with Crippen molar-refractivity contribution < 1.29 is 19.0 Å². The molecule has 5 rings (SSSR count). The van der Waals surface area contributed by atoms with Gasteiger partial charge in [0.15, 0.2) is 11.5 Å². The van der Waals surface area contributed by atoms with Crippen LogP contribution in [0.3, 0.4) is 0 Å². The van der Waals surface area contributed by atoms with E-state index >= 15 is 0 Å². The van der Waals surface area contributed by atoms with E-state index in [0.717, 1.165) is 42.9 Å². The van der Waals surface area contributed by atoms with E-state index < -0.39 is 5.41 Å². The summed E-state index contributed by atoms with van der Waals surface area (Å²) in [6, 6.07) is 11.8. The van der Waals surface area contributed by atoms with Crippen LogP contribution in [0, 0.1) is 0 Å². The van der Waals surface area contributed by atoms with Gasteiger partial charge in [-0.05, 0) is 44.8 Å². The third kappa shape index (κ3) is 2.92. The lowest BCUT2D eigenvalue weighted by atomic mass is 9.77. The highest BCUT2D eigenvalue weighted by molar-refractivity contribution is 6.11. The Morgan fingerprint density at radius 2 is 1.83 bits per heavy atom. The van der Waals surface area contributed by atoms with Crippen LogP contribution in [-0.4, -0.2) is 64.5 Å². The van der Waals surface area contributed by atoms with Gasteiger partial charge in [-0.25, -0.2) is 0 Å². The molecule has 7 heteroatoms. The molecule has 0 saturated carbocycles. The number of ether oxygens (including phenoxy) is 3. The summed E-state index contributed by atoms with van der Waals surface area (Å²) < 4.78 is 17.1. The molecule has 1 amide bonds. The summed E-state index contributed by atoms with van der Waals surface area (Å²) in [6.07, 6.45) is 0.887. The molecule has 0 aromatic heterocycles. The first-order valence-corrected chi connectivity index (χ1v) is 10.4. The smallest absolute Gasteiger partial charge is 0.245 e. The Labute approximate surface area is 176 Å². The van der Waals surface area contributed by atoms with E-state index in [1.165, 1.54) is 0 Å². The number of carbonyl (C=O) groups excluding carboxylic acids is 1. The van der Waals surface area contributed by atoms with Crippen LogP contribution in [-0.2, 0) is 10.2 Å². The second-order valence-electron chi connectivity index (χ2n) is 8.28.